The van der Waals surface area contributed by atoms with Crippen molar-refractivity contribution in [1.82, 2.24) is 9.80 Å². The molecule has 2 atom stereocenters. The van der Waals surface area contributed by atoms with E-state index in [1.165, 1.54) is 0 Å². The topological polar surface area (TPSA) is 70.1 Å². The highest BCUT2D eigenvalue weighted by molar-refractivity contribution is 5.95. The number of likely N-dealkylation sites (tertiary alicyclic amines) is 2. The van der Waals surface area contributed by atoms with Crippen molar-refractivity contribution in [1.29, 1.82) is 0 Å². The van der Waals surface area contributed by atoms with Crippen LogP contribution in [-0.4, -0.2) is 66.1 Å². The van der Waals surface area contributed by atoms with E-state index in [1.807, 2.05) is 20.9 Å². The number of carboxylic acid groups (broad SMARTS) is 1. The number of benzene rings is 1. The van der Waals surface area contributed by atoms with Crippen LogP contribution in [0.3, 0.4) is 0 Å². The van der Waals surface area contributed by atoms with E-state index >= 15 is 0 Å². The van der Waals surface area contributed by atoms with Gasteiger partial charge in [-0.2, -0.15) is 0 Å². The highest BCUT2D eigenvalue weighted by Gasteiger charge is 2.55. The van der Waals surface area contributed by atoms with Crippen LogP contribution in [-0.2, 0) is 4.79 Å². The van der Waals surface area contributed by atoms with Crippen LogP contribution >= 0.6 is 0 Å². The number of ether oxygens (including phenoxy) is 1. The average molecular weight is 346 g/mol. The van der Waals surface area contributed by atoms with Crippen molar-refractivity contribution in [2.24, 2.45) is 11.3 Å². The number of nitrogens with zero attached hydrogens (tertiary/aromatic N) is 2. The normalized spacial score (nSPS) is 26.6. The van der Waals surface area contributed by atoms with Crippen molar-refractivity contribution in [3.63, 3.8) is 0 Å². The van der Waals surface area contributed by atoms with Crippen LogP contribution < -0.4 is 4.74 Å². The Kier molecular flexibility index (Phi) is 4.73. The third-order valence-electron chi connectivity index (χ3n) is 5.29. The second-order valence-corrected chi connectivity index (χ2v) is 7.56. The number of hydrogen-bond donors (Lipinski definition) is 1. The molecule has 3 rings (SSSR count). The van der Waals surface area contributed by atoms with Gasteiger partial charge in [0.1, 0.15) is 11.2 Å². The number of amides is 1. The first-order chi connectivity index (χ1) is 11.8. The zero-order valence-corrected chi connectivity index (χ0v) is 15.1. The molecule has 2 saturated heterocycles. The molecule has 6 nitrogen and oxygen atoms in total. The number of rotatable bonds is 4. The molecule has 2 fully saturated rings. The lowest BCUT2D eigenvalue weighted by Crippen LogP contribution is -2.52. The molecule has 25 heavy (non-hydrogen) atoms. The largest absolute Gasteiger partial charge is 0.491 e. The van der Waals surface area contributed by atoms with Gasteiger partial charge >= 0.3 is 5.97 Å². The lowest BCUT2D eigenvalue weighted by atomic mass is 9.73. The number of carbonyl (C=O) groups excluding carboxylic acids is 1. The first kappa shape index (κ1) is 17.7. The number of hydrogen-bond acceptors (Lipinski definition) is 4. The molecule has 0 saturated carbocycles. The van der Waals surface area contributed by atoms with Gasteiger partial charge in [0.2, 0.25) is 0 Å². The fraction of sp³-hybridized carbons (Fsp3) is 0.579. The fourth-order valence-corrected chi connectivity index (χ4v) is 4.05. The van der Waals surface area contributed by atoms with Crippen molar-refractivity contribution in [3.8, 4) is 5.75 Å². The number of fused-ring (bicyclic) bond motifs is 1. The van der Waals surface area contributed by atoms with Gasteiger partial charge in [0.15, 0.2) is 0 Å². The van der Waals surface area contributed by atoms with E-state index in [4.69, 9.17) is 4.74 Å². The molecular weight excluding hydrogens is 320 g/mol. The van der Waals surface area contributed by atoms with Gasteiger partial charge < -0.3 is 19.6 Å². The first-order valence-electron chi connectivity index (χ1n) is 8.80. The minimum absolute atomic E-state index is 0.0219. The highest BCUT2D eigenvalue weighted by Crippen LogP contribution is 2.42. The quantitative estimate of drug-likeness (QED) is 0.902. The minimum Gasteiger partial charge on any atom is -0.491 e. The van der Waals surface area contributed by atoms with Gasteiger partial charge in [0.25, 0.3) is 5.91 Å². The molecule has 1 aromatic carbocycles. The Morgan fingerprint density at radius 1 is 1.24 bits per heavy atom. The lowest BCUT2D eigenvalue weighted by molar-refractivity contribution is -0.153. The smallest absolute Gasteiger partial charge is 0.313 e. The summed E-state index contributed by atoms with van der Waals surface area (Å²) in [6.45, 7) is 6.07. The summed E-state index contributed by atoms with van der Waals surface area (Å²) in [4.78, 5) is 28.6. The Balaban J connectivity index is 1.76. The van der Waals surface area contributed by atoms with Crippen molar-refractivity contribution in [2.45, 2.75) is 26.4 Å². The number of carboxylic acids is 1. The van der Waals surface area contributed by atoms with Crippen molar-refractivity contribution in [2.75, 3.05) is 33.2 Å². The van der Waals surface area contributed by atoms with Crippen LogP contribution in [0, 0.1) is 11.3 Å². The SMILES string of the molecule is CC(C)Oc1ccc(C(=O)N2C[C@@H]3CCN(C)C[C@]3(C(=O)O)C2)cc1. The Bertz CT molecular complexity index is 658. The molecule has 6 heteroatoms. The molecule has 136 valence electrons. The predicted octanol–water partition coefficient (Wildman–Crippen LogP) is 1.95. The molecule has 0 aliphatic carbocycles. The van der Waals surface area contributed by atoms with Gasteiger partial charge in [-0.1, -0.05) is 0 Å². The summed E-state index contributed by atoms with van der Waals surface area (Å²) in [7, 11) is 1.94. The zero-order chi connectivity index (χ0) is 18.2. The maximum Gasteiger partial charge on any atom is 0.313 e. The molecule has 2 aliphatic rings. The van der Waals surface area contributed by atoms with Gasteiger partial charge in [-0.25, -0.2) is 0 Å². The summed E-state index contributed by atoms with van der Waals surface area (Å²) in [5.41, 5.74) is -0.271. The minimum atomic E-state index is -0.844. The highest BCUT2D eigenvalue weighted by atomic mass is 16.5. The van der Waals surface area contributed by atoms with E-state index in [1.54, 1.807) is 29.2 Å². The molecule has 2 heterocycles. The zero-order valence-electron chi connectivity index (χ0n) is 15.1. The van der Waals surface area contributed by atoms with Gasteiger partial charge in [-0.15, -0.1) is 0 Å². The maximum atomic E-state index is 12.8. The molecule has 0 radical (unpaired) electrons. The monoisotopic (exact) mass is 346 g/mol. The van der Waals surface area contributed by atoms with Gasteiger partial charge in [0, 0.05) is 25.2 Å². The van der Waals surface area contributed by atoms with Crippen molar-refractivity contribution in [3.05, 3.63) is 29.8 Å². The van der Waals surface area contributed by atoms with E-state index < -0.39 is 11.4 Å². The second kappa shape index (κ2) is 6.67. The Morgan fingerprint density at radius 3 is 2.52 bits per heavy atom. The van der Waals surface area contributed by atoms with Crippen molar-refractivity contribution >= 4 is 11.9 Å². The first-order valence-corrected chi connectivity index (χ1v) is 8.80. The maximum absolute atomic E-state index is 12.8. The Morgan fingerprint density at radius 2 is 1.92 bits per heavy atom. The van der Waals surface area contributed by atoms with E-state index in [-0.39, 0.29) is 24.5 Å². The number of carbonyl (C=O) groups is 2. The lowest BCUT2D eigenvalue weighted by Gasteiger charge is -2.39. The third-order valence-corrected chi connectivity index (χ3v) is 5.29. The van der Waals surface area contributed by atoms with Gasteiger partial charge in [-0.05, 0) is 64.0 Å². The fourth-order valence-electron chi connectivity index (χ4n) is 4.05. The Labute approximate surface area is 148 Å². The van der Waals surface area contributed by atoms with E-state index in [0.717, 1.165) is 18.7 Å². The Hall–Kier alpha value is -2.08. The van der Waals surface area contributed by atoms with Crippen LogP contribution in [0.5, 0.6) is 5.75 Å². The molecular formula is C19H26N2O4. The van der Waals surface area contributed by atoms with Crippen LogP contribution in [0.25, 0.3) is 0 Å². The van der Waals surface area contributed by atoms with Crippen LogP contribution in [0.2, 0.25) is 0 Å². The summed E-state index contributed by atoms with van der Waals surface area (Å²) >= 11 is 0. The van der Waals surface area contributed by atoms with E-state index in [2.05, 4.69) is 4.90 Å². The summed E-state index contributed by atoms with van der Waals surface area (Å²) in [5.74, 6) is -0.146. The number of aliphatic carboxylic acids is 1. The molecule has 0 aromatic heterocycles. The molecule has 0 bridgehead atoms. The third kappa shape index (κ3) is 3.35. The molecule has 1 N–H and O–H groups in total. The summed E-state index contributed by atoms with van der Waals surface area (Å²) < 4.78 is 5.60. The standard InChI is InChI=1S/C19H26N2O4/c1-13(2)25-16-6-4-14(5-7-16)17(22)21-10-15-8-9-20(3)11-19(15,12-21)18(23)24/h4-7,13,15H,8-12H2,1-3H3,(H,23,24)/t15-,19-/m0/s1. The van der Waals surface area contributed by atoms with Crippen LogP contribution in [0.1, 0.15) is 30.6 Å². The van der Waals surface area contributed by atoms with Crippen LogP contribution in [0.4, 0.5) is 0 Å². The second-order valence-electron chi connectivity index (χ2n) is 7.56. The van der Waals surface area contributed by atoms with Crippen LogP contribution in [0.15, 0.2) is 24.3 Å². The molecule has 1 amide bonds. The summed E-state index contributed by atoms with van der Waals surface area (Å²) in [5, 5.41) is 9.83. The van der Waals surface area contributed by atoms with Crippen molar-refractivity contribution < 1.29 is 19.4 Å². The molecule has 0 unspecified atom stereocenters. The molecule has 2 aliphatic heterocycles. The van der Waals surface area contributed by atoms with Gasteiger partial charge in [-0.3, -0.25) is 9.59 Å². The molecule has 1 aromatic rings. The van der Waals surface area contributed by atoms with E-state index in [9.17, 15) is 14.7 Å². The van der Waals surface area contributed by atoms with Gasteiger partial charge in [0.05, 0.1) is 6.10 Å². The average Bonchev–Trinajstić information content (AvgIpc) is 2.94. The molecule has 0 spiro atoms. The number of piperidine rings is 1. The predicted molar refractivity (Wildman–Crippen MR) is 93.8 cm³/mol. The summed E-state index contributed by atoms with van der Waals surface area (Å²) in [6.07, 6.45) is 0.893. The van der Waals surface area contributed by atoms with E-state index in [0.29, 0.717) is 18.7 Å². The summed E-state index contributed by atoms with van der Waals surface area (Å²) in [6, 6.07) is 7.08.